The van der Waals surface area contributed by atoms with Gasteiger partial charge in [-0.05, 0) is 68.3 Å². The number of carbonyl (C=O) groups excluding carboxylic acids is 3. The zero-order valence-corrected chi connectivity index (χ0v) is 18.5. The van der Waals surface area contributed by atoms with Crippen molar-refractivity contribution in [3.8, 4) is 0 Å². The lowest BCUT2D eigenvalue weighted by atomic mass is 9.88. The van der Waals surface area contributed by atoms with Crippen molar-refractivity contribution in [3.63, 3.8) is 0 Å². The second-order valence-corrected chi connectivity index (χ2v) is 8.53. The van der Waals surface area contributed by atoms with Crippen LogP contribution in [0.1, 0.15) is 49.4 Å². The summed E-state index contributed by atoms with van der Waals surface area (Å²) in [5.74, 6) is -0.0304. The van der Waals surface area contributed by atoms with Crippen molar-refractivity contribution in [2.75, 3.05) is 23.0 Å². The van der Waals surface area contributed by atoms with Crippen LogP contribution in [0.4, 0.5) is 11.4 Å². The van der Waals surface area contributed by atoms with Crippen molar-refractivity contribution in [1.29, 1.82) is 0 Å². The van der Waals surface area contributed by atoms with Gasteiger partial charge >= 0.3 is 5.97 Å². The van der Waals surface area contributed by atoms with Gasteiger partial charge in [-0.1, -0.05) is 19.3 Å². The van der Waals surface area contributed by atoms with E-state index < -0.39 is 0 Å². The molecule has 7 heteroatoms. The zero-order valence-electron chi connectivity index (χ0n) is 17.7. The van der Waals surface area contributed by atoms with Crippen LogP contribution in [0.5, 0.6) is 0 Å². The minimum Gasteiger partial charge on any atom is -0.462 e. The summed E-state index contributed by atoms with van der Waals surface area (Å²) in [6, 6.07) is 14.2. The maximum Gasteiger partial charge on any atom is 0.338 e. The predicted octanol–water partition coefficient (Wildman–Crippen LogP) is 5.11. The van der Waals surface area contributed by atoms with Gasteiger partial charge < -0.3 is 15.4 Å². The van der Waals surface area contributed by atoms with Gasteiger partial charge in [0.15, 0.2) is 0 Å². The molecule has 0 aliphatic heterocycles. The summed E-state index contributed by atoms with van der Waals surface area (Å²) in [6.45, 7) is 2.08. The van der Waals surface area contributed by atoms with Gasteiger partial charge in [0, 0.05) is 22.2 Å². The molecule has 0 heterocycles. The molecule has 0 unspecified atom stereocenters. The molecule has 6 nitrogen and oxygen atoms in total. The fraction of sp³-hybridized carbons (Fsp3) is 0.375. The number of nitrogens with one attached hydrogen (secondary N) is 2. The summed E-state index contributed by atoms with van der Waals surface area (Å²) in [6.07, 6.45) is 5.43. The van der Waals surface area contributed by atoms with E-state index in [4.69, 9.17) is 4.74 Å². The average molecular weight is 441 g/mol. The Labute approximate surface area is 187 Å². The summed E-state index contributed by atoms with van der Waals surface area (Å²) in [5.41, 5.74) is 1.86. The van der Waals surface area contributed by atoms with Crippen LogP contribution in [0.2, 0.25) is 0 Å². The monoisotopic (exact) mass is 440 g/mol. The zero-order chi connectivity index (χ0) is 22.1. The third-order valence-corrected chi connectivity index (χ3v) is 6.16. The molecule has 2 aromatic rings. The average Bonchev–Trinajstić information content (AvgIpc) is 2.80. The topological polar surface area (TPSA) is 84.5 Å². The molecule has 1 aliphatic rings. The Balaban J connectivity index is 1.43. The molecule has 3 rings (SSSR count). The second-order valence-electron chi connectivity index (χ2n) is 7.48. The summed E-state index contributed by atoms with van der Waals surface area (Å²) in [4.78, 5) is 37.2. The summed E-state index contributed by atoms with van der Waals surface area (Å²) < 4.78 is 4.94. The van der Waals surface area contributed by atoms with Crippen LogP contribution < -0.4 is 10.6 Å². The summed E-state index contributed by atoms with van der Waals surface area (Å²) in [7, 11) is 0. The summed E-state index contributed by atoms with van der Waals surface area (Å²) in [5, 5.41) is 5.81. The van der Waals surface area contributed by atoms with Crippen LogP contribution in [0.15, 0.2) is 53.4 Å². The van der Waals surface area contributed by atoms with E-state index in [9.17, 15) is 14.4 Å². The van der Waals surface area contributed by atoms with Gasteiger partial charge in [-0.2, -0.15) is 0 Å². The van der Waals surface area contributed by atoms with E-state index in [1.807, 2.05) is 24.3 Å². The molecule has 2 aromatic carbocycles. The third kappa shape index (κ3) is 7.14. The predicted molar refractivity (Wildman–Crippen MR) is 123 cm³/mol. The Hall–Kier alpha value is -2.80. The minimum absolute atomic E-state index is 0.105. The molecule has 2 N–H and O–H groups in total. The van der Waals surface area contributed by atoms with Gasteiger partial charge in [0.2, 0.25) is 11.8 Å². The molecule has 1 aliphatic carbocycles. The number of anilines is 2. The van der Waals surface area contributed by atoms with E-state index in [1.165, 1.54) is 18.2 Å². The van der Waals surface area contributed by atoms with Gasteiger partial charge in [-0.15, -0.1) is 11.8 Å². The molecular weight excluding hydrogens is 412 g/mol. The van der Waals surface area contributed by atoms with E-state index >= 15 is 0 Å². The highest BCUT2D eigenvalue weighted by molar-refractivity contribution is 8.00. The molecule has 1 saturated carbocycles. The number of ether oxygens (including phenoxy) is 1. The van der Waals surface area contributed by atoms with E-state index in [1.54, 1.807) is 31.2 Å². The van der Waals surface area contributed by atoms with E-state index in [0.717, 1.165) is 36.3 Å². The normalized spacial score (nSPS) is 14.0. The van der Waals surface area contributed by atoms with Crippen molar-refractivity contribution < 1.29 is 19.1 Å². The van der Waals surface area contributed by atoms with Crippen LogP contribution in [0.3, 0.4) is 0 Å². The number of carbonyl (C=O) groups is 3. The highest BCUT2D eigenvalue weighted by Gasteiger charge is 2.20. The highest BCUT2D eigenvalue weighted by atomic mass is 32.2. The number of hydrogen-bond acceptors (Lipinski definition) is 5. The minimum atomic E-state index is -0.380. The molecule has 0 radical (unpaired) electrons. The first-order valence-corrected chi connectivity index (χ1v) is 11.6. The Morgan fingerprint density at radius 2 is 1.52 bits per heavy atom. The van der Waals surface area contributed by atoms with Crippen molar-refractivity contribution in [1.82, 2.24) is 0 Å². The standard InChI is InChI=1S/C24H28N2O4S/c1-2-30-24(29)18-8-10-19(11-9-18)25-22(27)16-31-21-14-12-20(13-15-21)26-23(28)17-6-4-3-5-7-17/h8-15,17H,2-7,16H2,1H3,(H,25,27)(H,26,28). The molecule has 0 bridgehead atoms. The molecule has 0 aromatic heterocycles. The Morgan fingerprint density at radius 3 is 2.16 bits per heavy atom. The second kappa shape index (κ2) is 11.6. The smallest absolute Gasteiger partial charge is 0.338 e. The van der Waals surface area contributed by atoms with Crippen LogP contribution in [0.25, 0.3) is 0 Å². The fourth-order valence-electron chi connectivity index (χ4n) is 3.49. The lowest BCUT2D eigenvalue weighted by Crippen LogP contribution is -2.24. The molecule has 164 valence electrons. The van der Waals surface area contributed by atoms with Crippen molar-refractivity contribution in [2.45, 2.75) is 43.9 Å². The molecular formula is C24H28N2O4S. The highest BCUT2D eigenvalue weighted by Crippen LogP contribution is 2.26. The van der Waals surface area contributed by atoms with Crippen LogP contribution >= 0.6 is 11.8 Å². The number of hydrogen-bond donors (Lipinski definition) is 2. The van der Waals surface area contributed by atoms with Gasteiger partial charge in [-0.3, -0.25) is 9.59 Å². The maximum absolute atomic E-state index is 12.3. The fourth-order valence-corrected chi connectivity index (χ4v) is 4.19. The first-order valence-electron chi connectivity index (χ1n) is 10.7. The third-order valence-electron chi connectivity index (χ3n) is 5.15. The first-order chi connectivity index (χ1) is 15.0. The Bertz CT molecular complexity index is 891. The van der Waals surface area contributed by atoms with Crippen LogP contribution in [-0.2, 0) is 14.3 Å². The molecule has 2 amide bonds. The van der Waals surface area contributed by atoms with Crippen LogP contribution in [-0.4, -0.2) is 30.1 Å². The largest absolute Gasteiger partial charge is 0.462 e. The number of thioether (sulfide) groups is 1. The SMILES string of the molecule is CCOC(=O)c1ccc(NC(=O)CSc2ccc(NC(=O)C3CCCCC3)cc2)cc1. The number of esters is 1. The van der Waals surface area contributed by atoms with Crippen molar-refractivity contribution >= 4 is 40.9 Å². The van der Waals surface area contributed by atoms with Gasteiger partial charge in [0.25, 0.3) is 0 Å². The first kappa shape index (κ1) is 22.9. The van der Waals surface area contributed by atoms with E-state index in [-0.39, 0.29) is 29.5 Å². The van der Waals surface area contributed by atoms with Crippen molar-refractivity contribution in [2.24, 2.45) is 5.92 Å². The summed E-state index contributed by atoms with van der Waals surface area (Å²) >= 11 is 1.42. The quantitative estimate of drug-likeness (QED) is 0.440. The van der Waals surface area contributed by atoms with Crippen LogP contribution in [0, 0.1) is 5.92 Å². The molecule has 0 saturated heterocycles. The van der Waals surface area contributed by atoms with Gasteiger partial charge in [0.05, 0.1) is 17.9 Å². The molecule has 0 atom stereocenters. The molecule has 0 spiro atoms. The van der Waals surface area contributed by atoms with Gasteiger partial charge in [-0.25, -0.2) is 4.79 Å². The van der Waals surface area contributed by atoms with Gasteiger partial charge in [0.1, 0.15) is 0 Å². The number of amides is 2. The maximum atomic E-state index is 12.3. The number of benzene rings is 2. The molecule has 1 fully saturated rings. The Morgan fingerprint density at radius 1 is 0.903 bits per heavy atom. The van der Waals surface area contributed by atoms with E-state index in [2.05, 4.69) is 10.6 Å². The van der Waals surface area contributed by atoms with E-state index in [0.29, 0.717) is 17.9 Å². The number of rotatable bonds is 8. The van der Waals surface area contributed by atoms with Crippen molar-refractivity contribution in [3.05, 3.63) is 54.1 Å². The lowest BCUT2D eigenvalue weighted by molar-refractivity contribution is -0.120. The Kier molecular flexibility index (Phi) is 8.53. The lowest BCUT2D eigenvalue weighted by Gasteiger charge is -2.20. The molecule has 31 heavy (non-hydrogen) atoms.